The minimum Gasteiger partial charge on any atom is -0.469 e. The Labute approximate surface area is 131 Å². The summed E-state index contributed by atoms with van der Waals surface area (Å²) in [4.78, 5) is 15.3. The third kappa shape index (κ3) is 4.80. The van der Waals surface area contributed by atoms with Gasteiger partial charge in [-0.15, -0.1) is 11.3 Å². The van der Waals surface area contributed by atoms with E-state index in [-0.39, 0.29) is 12.0 Å². The standard InChI is InChI=1S/C16H26N2O2S/c1-12(13-6-4-8-18(2)11-13)17-14(10-16(19)20-3)15-7-5-9-21-15/h5,7,9,12-14,17H,4,6,8,10-11H2,1-3H3. The summed E-state index contributed by atoms with van der Waals surface area (Å²) in [5, 5.41) is 5.71. The van der Waals surface area contributed by atoms with Crippen LogP contribution in [0.25, 0.3) is 0 Å². The third-order valence-corrected chi connectivity index (χ3v) is 5.30. The van der Waals surface area contributed by atoms with Crippen molar-refractivity contribution in [2.75, 3.05) is 27.2 Å². The van der Waals surface area contributed by atoms with Gasteiger partial charge in [-0.3, -0.25) is 4.79 Å². The van der Waals surface area contributed by atoms with E-state index in [1.54, 1.807) is 11.3 Å². The summed E-state index contributed by atoms with van der Waals surface area (Å²) in [6, 6.07) is 4.57. The molecule has 1 saturated heterocycles. The van der Waals surface area contributed by atoms with E-state index in [4.69, 9.17) is 4.74 Å². The first-order valence-electron chi connectivity index (χ1n) is 7.65. The maximum absolute atomic E-state index is 11.7. The predicted octanol–water partition coefficient (Wildman–Crippen LogP) is 2.67. The Kier molecular flexibility index (Phi) is 6.21. The zero-order valence-corrected chi connectivity index (χ0v) is 14.0. The van der Waals surface area contributed by atoms with Crippen molar-refractivity contribution in [2.24, 2.45) is 5.92 Å². The average molecular weight is 310 g/mol. The molecular weight excluding hydrogens is 284 g/mol. The Morgan fingerprint density at radius 3 is 3.05 bits per heavy atom. The number of thiophene rings is 1. The summed E-state index contributed by atoms with van der Waals surface area (Å²) in [5.74, 6) is 0.484. The van der Waals surface area contributed by atoms with Crippen LogP contribution in [0.3, 0.4) is 0 Å². The predicted molar refractivity (Wildman–Crippen MR) is 86.5 cm³/mol. The fraction of sp³-hybridized carbons (Fsp3) is 0.688. The number of carbonyl (C=O) groups excluding carboxylic acids is 1. The van der Waals surface area contributed by atoms with Gasteiger partial charge < -0.3 is 15.0 Å². The fourth-order valence-corrected chi connectivity index (χ4v) is 3.84. The van der Waals surface area contributed by atoms with Crippen molar-refractivity contribution < 1.29 is 9.53 Å². The minimum absolute atomic E-state index is 0.0553. The van der Waals surface area contributed by atoms with Crippen LogP contribution >= 0.6 is 11.3 Å². The molecule has 3 unspecified atom stereocenters. The van der Waals surface area contributed by atoms with Crippen LogP contribution in [0.4, 0.5) is 0 Å². The van der Waals surface area contributed by atoms with E-state index in [1.807, 2.05) is 6.07 Å². The Morgan fingerprint density at radius 2 is 2.43 bits per heavy atom. The van der Waals surface area contributed by atoms with E-state index in [2.05, 4.69) is 35.6 Å². The summed E-state index contributed by atoms with van der Waals surface area (Å²) >= 11 is 1.69. The molecule has 2 heterocycles. The number of hydrogen-bond acceptors (Lipinski definition) is 5. The molecule has 1 aromatic heterocycles. The highest BCUT2D eigenvalue weighted by atomic mass is 32.1. The number of likely N-dealkylation sites (tertiary alicyclic amines) is 1. The van der Waals surface area contributed by atoms with E-state index in [0.29, 0.717) is 18.4 Å². The molecule has 1 aliphatic heterocycles. The van der Waals surface area contributed by atoms with Crippen LogP contribution in [0.1, 0.15) is 37.1 Å². The molecule has 1 aromatic rings. The largest absolute Gasteiger partial charge is 0.469 e. The lowest BCUT2D eigenvalue weighted by molar-refractivity contribution is -0.141. The molecule has 4 nitrogen and oxygen atoms in total. The molecule has 0 bridgehead atoms. The summed E-state index contributed by atoms with van der Waals surface area (Å²) in [6.07, 6.45) is 2.91. The molecule has 0 aliphatic carbocycles. The second-order valence-electron chi connectivity index (χ2n) is 5.97. The van der Waals surface area contributed by atoms with Gasteiger partial charge >= 0.3 is 5.97 Å². The summed E-state index contributed by atoms with van der Waals surface area (Å²) in [6.45, 7) is 4.56. The molecule has 1 fully saturated rings. The highest BCUT2D eigenvalue weighted by Crippen LogP contribution is 2.26. The molecular formula is C16H26N2O2S. The van der Waals surface area contributed by atoms with Crippen LogP contribution in [-0.4, -0.2) is 44.2 Å². The Morgan fingerprint density at radius 1 is 1.62 bits per heavy atom. The molecule has 0 aromatic carbocycles. The zero-order chi connectivity index (χ0) is 15.2. The minimum atomic E-state index is -0.158. The third-order valence-electron chi connectivity index (χ3n) is 4.32. The average Bonchev–Trinajstić information content (AvgIpc) is 3.00. The smallest absolute Gasteiger partial charge is 0.307 e. The van der Waals surface area contributed by atoms with Crippen LogP contribution in [0.5, 0.6) is 0 Å². The number of hydrogen-bond donors (Lipinski definition) is 1. The number of methoxy groups -OCH3 is 1. The van der Waals surface area contributed by atoms with Gasteiger partial charge in [0.05, 0.1) is 19.6 Å². The Hall–Kier alpha value is -0.910. The first-order valence-corrected chi connectivity index (χ1v) is 8.53. The number of piperidine rings is 1. The van der Waals surface area contributed by atoms with E-state index < -0.39 is 0 Å². The van der Waals surface area contributed by atoms with E-state index in [0.717, 1.165) is 6.54 Å². The molecule has 2 rings (SSSR count). The fourth-order valence-electron chi connectivity index (χ4n) is 3.05. The van der Waals surface area contributed by atoms with E-state index in [9.17, 15) is 4.79 Å². The lowest BCUT2D eigenvalue weighted by atomic mass is 9.91. The first-order chi connectivity index (χ1) is 10.1. The van der Waals surface area contributed by atoms with Gasteiger partial charge in [-0.1, -0.05) is 6.07 Å². The molecule has 0 saturated carbocycles. The van der Waals surface area contributed by atoms with Crippen LogP contribution in [-0.2, 0) is 9.53 Å². The zero-order valence-electron chi connectivity index (χ0n) is 13.2. The molecule has 1 aliphatic rings. The summed E-state index contributed by atoms with van der Waals surface area (Å²) < 4.78 is 4.84. The molecule has 0 amide bonds. The van der Waals surface area contributed by atoms with Gasteiger partial charge in [0.2, 0.25) is 0 Å². The molecule has 1 N–H and O–H groups in total. The molecule has 3 atom stereocenters. The lowest BCUT2D eigenvalue weighted by Crippen LogP contribution is -2.44. The molecule has 118 valence electrons. The molecule has 21 heavy (non-hydrogen) atoms. The highest BCUT2D eigenvalue weighted by molar-refractivity contribution is 7.10. The lowest BCUT2D eigenvalue weighted by Gasteiger charge is -2.35. The number of carbonyl (C=O) groups is 1. The van der Waals surface area contributed by atoms with Gasteiger partial charge in [0.15, 0.2) is 0 Å². The number of nitrogens with zero attached hydrogens (tertiary/aromatic N) is 1. The SMILES string of the molecule is COC(=O)CC(NC(C)C1CCCN(C)C1)c1cccs1. The van der Waals surface area contributed by atoms with Gasteiger partial charge in [-0.05, 0) is 50.7 Å². The van der Waals surface area contributed by atoms with Crippen molar-refractivity contribution in [1.82, 2.24) is 10.2 Å². The van der Waals surface area contributed by atoms with Crippen molar-refractivity contribution in [3.63, 3.8) is 0 Å². The summed E-state index contributed by atoms with van der Waals surface area (Å²) in [5.41, 5.74) is 0. The maximum atomic E-state index is 11.7. The molecule has 0 radical (unpaired) electrons. The van der Waals surface area contributed by atoms with Crippen LogP contribution < -0.4 is 5.32 Å². The Balaban J connectivity index is 1.98. The maximum Gasteiger partial charge on any atom is 0.307 e. The normalized spacial score (nSPS) is 22.7. The van der Waals surface area contributed by atoms with Gasteiger partial charge in [0, 0.05) is 17.5 Å². The van der Waals surface area contributed by atoms with Gasteiger partial charge in [-0.2, -0.15) is 0 Å². The van der Waals surface area contributed by atoms with Crippen LogP contribution in [0.15, 0.2) is 17.5 Å². The van der Waals surface area contributed by atoms with Crippen molar-refractivity contribution in [3.8, 4) is 0 Å². The summed E-state index contributed by atoms with van der Waals surface area (Å²) in [7, 11) is 3.64. The van der Waals surface area contributed by atoms with Crippen molar-refractivity contribution in [1.29, 1.82) is 0 Å². The number of ether oxygens (including phenoxy) is 1. The van der Waals surface area contributed by atoms with Crippen LogP contribution in [0.2, 0.25) is 0 Å². The van der Waals surface area contributed by atoms with Gasteiger partial charge in [0.1, 0.15) is 0 Å². The van der Waals surface area contributed by atoms with Crippen molar-refractivity contribution in [3.05, 3.63) is 22.4 Å². The van der Waals surface area contributed by atoms with Crippen LogP contribution in [0, 0.1) is 5.92 Å². The number of nitrogens with one attached hydrogen (secondary N) is 1. The number of rotatable bonds is 6. The quantitative estimate of drug-likeness (QED) is 0.820. The topological polar surface area (TPSA) is 41.6 Å². The van der Waals surface area contributed by atoms with Gasteiger partial charge in [0.25, 0.3) is 0 Å². The molecule has 0 spiro atoms. The second-order valence-corrected chi connectivity index (χ2v) is 6.95. The monoisotopic (exact) mass is 310 g/mol. The van der Waals surface area contributed by atoms with E-state index in [1.165, 1.54) is 31.4 Å². The first kappa shape index (κ1) is 16.5. The highest BCUT2D eigenvalue weighted by Gasteiger charge is 2.26. The second kappa shape index (κ2) is 7.92. The van der Waals surface area contributed by atoms with Crippen molar-refractivity contribution >= 4 is 17.3 Å². The van der Waals surface area contributed by atoms with Crippen molar-refractivity contribution in [2.45, 2.75) is 38.3 Å². The number of esters is 1. The van der Waals surface area contributed by atoms with E-state index >= 15 is 0 Å². The van der Waals surface area contributed by atoms with Gasteiger partial charge in [-0.25, -0.2) is 0 Å². The molecule has 5 heteroatoms. The Bertz CT molecular complexity index is 435.